The molecule has 2 fully saturated rings. The lowest BCUT2D eigenvalue weighted by Crippen LogP contribution is -2.46. The largest absolute Gasteiger partial charge is 0.423 e. The topological polar surface area (TPSA) is 89.5 Å². The molecule has 0 N–H and O–H groups in total. The minimum atomic E-state index is 0.0134. The van der Waals surface area contributed by atoms with Crippen molar-refractivity contribution in [2.45, 2.75) is 38.8 Å². The van der Waals surface area contributed by atoms with Crippen molar-refractivity contribution >= 4 is 16.6 Å². The molecule has 0 aliphatic carbocycles. The Kier molecular flexibility index (Phi) is 5.45. The lowest BCUT2D eigenvalue weighted by molar-refractivity contribution is 0.189. The van der Waals surface area contributed by atoms with Crippen molar-refractivity contribution in [3.05, 3.63) is 46.7 Å². The van der Waals surface area contributed by atoms with E-state index in [1.54, 1.807) is 10.9 Å². The Hall–Kier alpha value is -2.78. The van der Waals surface area contributed by atoms with Gasteiger partial charge in [-0.2, -0.15) is 0 Å². The van der Waals surface area contributed by atoms with Crippen molar-refractivity contribution < 1.29 is 9.15 Å². The zero-order valence-corrected chi connectivity index (χ0v) is 18.0. The van der Waals surface area contributed by atoms with E-state index in [1.807, 2.05) is 32.0 Å². The summed E-state index contributed by atoms with van der Waals surface area (Å²) in [5.41, 5.74) is 1.86. The lowest BCUT2D eigenvalue weighted by atomic mass is 10.1. The molecule has 2 aliphatic rings. The molecular weight excluding hydrogens is 396 g/mol. The van der Waals surface area contributed by atoms with Crippen molar-refractivity contribution in [3.63, 3.8) is 0 Å². The van der Waals surface area contributed by atoms with Crippen LogP contribution in [0.4, 0.5) is 5.69 Å². The Labute approximate surface area is 180 Å². The maximum Gasteiger partial charge on any atom is 0.261 e. The van der Waals surface area contributed by atoms with Crippen LogP contribution in [0.2, 0.25) is 0 Å². The standard InChI is InChI=1S/C22H28N6O3/c1-15(2)28-14-23-19-11-17(3-4-18(19)22(28)29)27-8-6-26(7-9-27)12-20-24-25-21(31-20)16-5-10-30-13-16/h3-4,11,14-16H,5-10,12-13H2,1-2H3. The van der Waals surface area contributed by atoms with Crippen LogP contribution < -0.4 is 10.5 Å². The fourth-order valence-corrected chi connectivity index (χ4v) is 4.27. The van der Waals surface area contributed by atoms with Crippen LogP contribution in [-0.2, 0) is 11.3 Å². The minimum absolute atomic E-state index is 0.0134. The second-order valence-corrected chi connectivity index (χ2v) is 8.61. The van der Waals surface area contributed by atoms with Gasteiger partial charge in [-0.1, -0.05) is 0 Å². The number of benzene rings is 1. The number of hydrogen-bond donors (Lipinski definition) is 0. The molecule has 2 aromatic heterocycles. The van der Waals surface area contributed by atoms with Crippen molar-refractivity contribution in [1.29, 1.82) is 0 Å². The molecule has 0 saturated carbocycles. The molecule has 0 bridgehead atoms. The Balaban J connectivity index is 1.22. The van der Waals surface area contributed by atoms with E-state index in [9.17, 15) is 4.79 Å². The Morgan fingerprint density at radius 2 is 2.00 bits per heavy atom. The Bertz CT molecular complexity index is 1110. The molecular formula is C22H28N6O3. The van der Waals surface area contributed by atoms with Crippen LogP contribution in [0.25, 0.3) is 10.9 Å². The Morgan fingerprint density at radius 1 is 1.16 bits per heavy atom. The fourth-order valence-electron chi connectivity index (χ4n) is 4.27. The molecule has 164 valence electrons. The molecule has 9 nitrogen and oxygen atoms in total. The quantitative estimate of drug-likeness (QED) is 0.616. The van der Waals surface area contributed by atoms with Gasteiger partial charge in [-0.25, -0.2) is 4.98 Å². The monoisotopic (exact) mass is 424 g/mol. The molecule has 0 amide bonds. The fraction of sp³-hybridized carbons (Fsp3) is 0.545. The summed E-state index contributed by atoms with van der Waals surface area (Å²) in [4.78, 5) is 21.8. The van der Waals surface area contributed by atoms with E-state index in [0.717, 1.165) is 50.4 Å². The summed E-state index contributed by atoms with van der Waals surface area (Å²) in [5.74, 6) is 1.61. The summed E-state index contributed by atoms with van der Waals surface area (Å²) >= 11 is 0. The number of anilines is 1. The first-order valence-corrected chi connectivity index (χ1v) is 11.0. The van der Waals surface area contributed by atoms with Gasteiger partial charge in [0.15, 0.2) is 0 Å². The van der Waals surface area contributed by atoms with E-state index < -0.39 is 0 Å². The second kappa shape index (κ2) is 8.39. The number of ether oxygens (including phenoxy) is 1. The number of nitrogens with zero attached hydrogens (tertiary/aromatic N) is 6. The van der Waals surface area contributed by atoms with Crippen LogP contribution >= 0.6 is 0 Å². The summed E-state index contributed by atoms with van der Waals surface area (Å²) in [6.07, 6.45) is 2.60. The van der Waals surface area contributed by atoms with Crippen LogP contribution in [0.15, 0.2) is 33.7 Å². The normalized spacial score (nSPS) is 20.2. The van der Waals surface area contributed by atoms with E-state index in [2.05, 4.69) is 25.0 Å². The van der Waals surface area contributed by atoms with Crippen LogP contribution in [0.3, 0.4) is 0 Å². The first-order chi connectivity index (χ1) is 15.1. The predicted octanol–water partition coefficient (Wildman–Crippen LogP) is 2.19. The van der Waals surface area contributed by atoms with Crippen LogP contribution in [0.5, 0.6) is 0 Å². The predicted molar refractivity (Wildman–Crippen MR) is 116 cm³/mol. The molecule has 3 aromatic rings. The molecule has 1 unspecified atom stereocenters. The summed E-state index contributed by atoms with van der Waals surface area (Å²) < 4.78 is 12.9. The van der Waals surface area contributed by atoms with Gasteiger partial charge in [-0.15, -0.1) is 10.2 Å². The average molecular weight is 425 g/mol. The highest BCUT2D eigenvalue weighted by atomic mass is 16.5. The van der Waals surface area contributed by atoms with Gasteiger partial charge in [0, 0.05) is 44.5 Å². The van der Waals surface area contributed by atoms with Gasteiger partial charge >= 0.3 is 0 Å². The van der Waals surface area contributed by atoms with Gasteiger partial charge in [-0.05, 0) is 38.5 Å². The van der Waals surface area contributed by atoms with E-state index in [-0.39, 0.29) is 17.5 Å². The van der Waals surface area contributed by atoms with Crippen molar-refractivity contribution in [2.75, 3.05) is 44.3 Å². The molecule has 1 atom stereocenters. The molecule has 9 heteroatoms. The van der Waals surface area contributed by atoms with Crippen LogP contribution in [0.1, 0.15) is 44.0 Å². The van der Waals surface area contributed by atoms with Crippen molar-refractivity contribution in [2.24, 2.45) is 0 Å². The molecule has 2 aliphatic heterocycles. The summed E-state index contributed by atoms with van der Waals surface area (Å²) in [6.45, 7) is 9.69. The molecule has 2 saturated heterocycles. The van der Waals surface area contributed by atoms with Gasteiger partial charge in [0.25, 0.3) is 5.56 Å². The number of fused-ring (bicyclic) bond motifs is 1. The maximum atomic E-state index is 12.6. The van der Waals surface area contributed by atoms with Crippen LogP contribution in [-0.4, -0.2) is 64.0 Å². The number of hydrogen-bond acceptors (Lipinski definition) is 8. The molecule has 0 radical (unpaired) electrons. The van der Waals surface area contributed by atoms with Gasteiger partial charge in [0.05, 0.1) is 36.3 Å². The summed E-state index contributed by atoms with van der Waals surface area (Å²) in [5, 5.41) is 9.10. The number of piperazine rings is 1. The zero-order chi connectivity index (χ0) is 21.4. The van der Waals surface area contributed by atoms with Crippen molar-refractivity contribution in [1.82, 2.24) is 24.6 Å². The minimum Gasteiger partial charge on any atom is -0.423 e. The molecule has 4 heterocycles. The van der Waals surface area contributed by atoms with Crippen LogP contribution in [0, 0.1) is 0 Å². The highest BCUT2D eigenvalue weighted by Gasteiger charge is 2.25. The van der Waals surface area contributed by atoms with Gasteiger partial charge in [0.1, 0.15) is 0 Å². The second-order valence-electron chi connectivity index (χ2n) is 8.61. The first kappa shape index (κ1) is 20.1. The van der Waals surface area contributed by atoms with Gasteiger partial charge in [-0.3, -0.25) is 14.3 Å². The molecule has 1 aromatic carbocycles. The molecule has 31 heavy (non-hydrogen) atoms. The highest BCUT2D eigenvalue weighted by molar-refractivity contribution is 5.81. The number of rotatable bonds is 5. The third kappa shape index (κ3) is 4.07. The molecule has 5 rings (SSSR count). The zero-order valence-electron chi connectivity index (χ0n) is 18.0. The van der Waals surface area contributed by atoms with Crippen molar-refractivity contribution in [3.8, 4) is 0 Å². The first-order valence-electron chi connectivity index (χ1n) is 11.0. The molecule has 0 spiro atoms. The summed E-state index contributed by atoms with van der Waals surface area (Å²) in [6, 6.07) is 6.04. The Morgan fingerprint density at radius 3 is 2.74 bits per heavy atom. The third-order valence-corrected chi connectivity index (χ3v) is 6.18. The van der Waals surface area contributed by atoms with Gasteiger partial charge < -0.3 is 14.1 Å². The summed E-state index contributed by atoms with van der Waals surface area (Å²) in [7, 11) is 0. The SMILES string of the molecule is CC(C)n1cnc2cc(N3CCN(Cc4nnc(C5CCOC5)o4)CC3)ccc2c1=O. The maximum absolute atomic E-state index is 12.6. The van der Waals surface area contributed by atoms with E-state index in [4.69, 9.17) is 9.15 Å². The average Bonchev–Trinajstić information content (AvgIpc) is 3.46. The van der Waals surface area contributed by atoms with Gasteiger partial charge in [0.2, 0.25) is 11.8 Å². The highest BCUT2D eigenvalue weighted by Crippen LogP contribution is 2.25. The smallest absolute Gasteiger partial charge is 0.261 e. The third-order valence-electron chi connectivity index (χ3n) is 6.18. The van der Waals surface area contributed by atoms with E-state index in [1.165, 1.54) is 0 Å². The number of aromatic nitrogens is 4. The lowest BCUT2D eigenvalue weighted by Gasteiger charge is -2.35. The van der Waals surface area contributed by atoms with E-state index in [0.29, 0.717) is 30.3 Å². The van der Waals surface area contributed by atoms with E-state index >= 15 is 0 Å².